The van der Waals surface area contributed by atoms with Crippen molar-refractivity contribution in [2.45, 2.75) is 71.8 Å². The van der Waals surface area contributed by atoms with E-state index in [4.69, 9.17) is 9.47 Å². The van der Waals surface area contributed by atoms with Gasteiger partial charge < -0.3 is 21.9 Å². The van der Waals surface area contributed by atoms with Crippen molar-refractivity contribution in [3.05, 3.63) is 59.9 Å². The normalized spacial score (nSPS) is 12.1. The molecule has 0 saturated carbocycles. The van der Waals surface area contributed by atoms with Crippen LogP contribution in [0, 0.1) is 0 Å². The highest BCUT2D eigenvalue weighted by atomic mass is 35.5. The lowest BCUT2D eigenvalue weighted by Crippen LogP contribution is -3.00. The van der Waals surface area contributed by atoms with Crippen LogP contribution in [0.15, 0.2) is 48.8 Å². The van der Waals surface area contributed by atoms with Crippen LogP contribution in [-0.4, -0.2) is 24.4 Å². The minimum absolute atomic E-state index is 0. The van der Waals surface area contributed by atoms with E-state index >= 15 is 0 Å². The summed E-state index contributed by atoms with van der Waals surface area (Å²) in [6.07, 6.45) is 4.31. The van der Waals surface area contributed by atoms with Gasteiger partial charge >= 0.3 is 0 Å². The van der Waals surface area contributed by atoms with Gasteiger partial charge in [0.25, 0.3) is 0 Å². The van der Waals surface area contributed by atoms with Crippen molar-refractivity contribution in [3.8, 4) is 5.75 Å². The summed E-state index contributed by atoms with van der Waals surface area (Å²) in [7, 11) is 2.08. The number of rotatable bonds is 11. The van der Waals surface area contributed by atoms with Crippen LogP contribution in [0.25, 0.3) is 11.0 Å². The second-order valence-electron chi connectivity index (χ2n) is 10.1. The van der Waals surface area contributed by atoms with Crippen LogP contribution >= 0.6 is 0 Å². The van der Waals surface area contributed by atoms with Crippen LogP contribution in [0.1, 0.15) is 65.5 Å². The molecule has 0 fully saturated rings. The quantitative estimate of drug-likeness (QED) is 0.317. The number of nitrogens with zero attached hydrogens (tertiary/aromatic N) is 2. The fourth-order valence-corrected chi connectivity index (χ4v) is 3.99. The smallest absolute Gasteiger partial charge is 0.244 e. The molecule has 2 aromatic carbocycles. The Morgan fingerprint density at radius 1 is 0.879 bits per heavy atom. The van der Waals surface area contributed by atoms with Crippen molar-refractivity contribution >= 4 is 11.0 Å². The highest BCUT2D eigenvalue weighted by Crippen LogP contribution is 2.38. The van der Waals surface area contributed by atoms with Gasteiger partial charge in [0.05, 0.1) is 20.3 Å². The number of hydrogen-bond acceptors (Lipinski definition) is 2. The second-order valence-corrected chi connectivity index (χ2v) is 10.1. The lowest BCUT2D eigenvalue weighted by atomic mass is 9.76. The molecule has 0 saturated heterocycles. The van der Waals surface area contributed by atoms with Gasteiger partial charge in [0.15, 0.2) is 11.0 Å². The number of aryl methyl sites for hydroxylation is 1. The van der Waals surface area contributed by atoms with Gasteiger partial charge in [-0.15, -0.1) is 0 Å². The lowest BCUT2D eigenvalue weighted by Gasteiger charge is -2.30. The first-order chi connectivity index (χ1) is 15.2. The molecule has 0 N–H and O–H groups in total. The predicted octanol–water partition coefficient (Wildman–Crippen LogP) is 2.94. The zero-order chi connectivity index (χ0) is 23.4. The molecule has 0 unspecified atom stereocenters. The van der Waals surface area contributed by atoms with Crippen LogP contribution in [0.2, 0.25) is 0 Å². The minimum atomic E-state index is 0. The summed E-state index contributed by atoms with van der Waals surface area (Å²) >= 11 is 0. The summed E-state index contributed by atoms with van der Waals surface area (Å²) in [4.78, 5) is 0. The Bertz CT molecular complexity index is 1040. The highest BCUT2D eigenvalue weighted by Gasteiger charge is 2.26. The molecule has 5 heteroatoms. The van der Waals surface area contributed by atoms with Crippen LogP contribution in [0.3, 0.4) is 0 Å². The van der Waals surface area contributed by atoms with E-state index in [1.807, 2.05) is 0 Å². The van der Waals surface area contributed by atoms with Crippen molar-refractivity contribution in [2.24, 2.45) is 7.05 Å². The van der Waals surface area contributed by atoms with Gasteiger partial charge in [-0.1, -0.05) is 65.8 Å². The Labute approximate surface area is 206 Å². The Kier molecular flexibility index (Phi) is 9.39. The molecule has 1 heterocycles. The molecule has 0 spiro atoms. The number of fused-ring (bicyclic) bond motifs is 1. The van der Waals surface area contributed by atoms with E-state index in [9.17, 15) is 0 Å². The zero-order valence-electron chi connectivity index (χ0n) is 21.5. The summed E-state index contributed by atoms with van der Waals surface area (Å²) in [5.74, 6) is 0.986. The van der Waals surface area contributed by atoms with E-state index in [0.29, 0.717) is 19.8 Å². The van der Waals surface area contributed by atoms with Gasteiger partial charge in [-0.05, 0) is 47.4 Å². The van der Waals surface area contributed by atoms with Crippen molar-refractivity contribution in [1.82, 2.24) is 4.57 Å². The second kappa shape index (κ2) is 11.4. The average molecular weight is 473 g/mol. The molecule has 0 aliphatic heterocycles. The van der Waals surface area contributed by atoms with E-state index in [0.717, 1.165) is 25.1 Å². The van der Waals surface area contributed by atoms with Crippen molar-refractivity contribution in [2.75, 3.05) is 19.8 Å². The summed E-state index contributed by atoms with van der Waals surface area (Å²) in [6.45, 7) is 16.4. The Morgan fingerprint density at radius 3 is 2.27 bits per heavy atom. The maximum Gasteiger partial charge on any atom is 0.244 e. The number of imidazole rings is 1. The van der Waals surface area contributed by atoms with Gasteiger partial charge in [-0.25, -0.2) is 9.13 Å². The van der Waals surface area contributed by atoms with E-state index in [1.165, 1.54) is 22.2 Å². The largest absolute Gasteiger partial charge is 1.00 e. The minimum Gasteiger partial charge on any atom is -1.00 e. The molecule has 0 aliphatic carbocycles. The third-order valence-corrected chi connectivity index (χ3v) is 7.10. The lowest BCUT2D eigenvalue weighted by molar-refractivity contribution is -0.645. The summed E-state index contributed by atoms with van der Waals surface area (Å²) in [6, 6.07) is 15.2. The van der Waals surface area contributed by atoms with Gasteiger partial charge in [0, 0.05) is 5.56 Å². The SMILES string of the molecule is CCC(C)(C)c1ccc(OCCOCCn2c[n+](C)c3ccccc32)c(C(C)(C)CC)c1.[Cl-]. The highest BCUT2D eigenvalue weighted by molar-refractivity contribution is 5.71. The Balaban J connectivity index is 0.00000385. The molecule has 182 valence electrons. The molecule has 0 atom stereocenters. The van der Waals surface area contributed by atoms with Gasteiger partial charge in [0.1, 0.15) is 18.9 Å². The average Bonchev–Trinajstić information content (AvgIpc) is 3.11. The van der Waals surface area contributed by atoms with Crippen LogP contribution in [0.5, 0.6) is 5.75 Å². The summed E-state index contributed by atoms with van der Waals surface area (Å²) in [5.41, 5.74) is 5.38. The van der Waals surface area contributed by atoms with Crippen LogP contribution in [-0.2, 0) is 29.2 Å². The number of ether oxygens (including phenoxy) is 2. The fourth-order valence-electron chi connectivity index (χ4n) is 3.99. The number of benzene rings is 2. The van der Waals surface area contributed by atoms with E-state index < -0.39 is 0 Å². The molecule has 0 bridgehead atoms. The molecule has 0 aliphatic rings. The standard InChI is InChI=1S/C28H41N2O2.ClH/c1-8-27(3,4)22-14-15-26(23(20-22)28(5,6)9-2)32-19-18-31-17-16-30-21-29(7)24-12-10-11-13-25(24)30;/h10-15,20-21H,8-9,16-19H2,1-7H3;1H/q+1;/p-1. The van der Waals surface area contributed by atoms with E-state index in [1.54, 1.807) is 0 Å². The summed E-state index contributed by atoms with van der Waals surface area (Å²) in [5, 5.41) is 0. The molecule has 3 aromatic rings. The number of hydrogen-bond donors (Lipinski definition) is 0. The van der Waals surface area contributed by atoms with Crippen molar-refractivity contribution in [1.29, 1.82) is 0 Å². The molecule has 4 nitrogen and oxygen atoms in total. The molecular formula is C28H41ClN2O2. The first-order valence-corrected chi connectivity index (χ1v) is 12.0. The van der Waals surface area contributed by atoms with Crippen molar-refractivity contribution < 1.29 is 26.4 Å². The van der Waals surface area contributed by atoms with E-state index in [2.05, 4.69) is 107 Å². The molecule has 0 amide bonds. The molecular weight excluding hydrogens is 432 g/mol. The van der Waals surface area contributed by atoms with Gasteiger partial charge in [0.2, 0.25) is 6.33 Å². The topological polar surface area (TPSA) is 27.3 Å². The maximum absolute atomic E-state index is 6.22. The first kappa shape index (κ1) is 27.2. The third kappa shape index (κ3) is 6.30. The Hall–Kier alpha value is -2.04. The third-order valence-electron chi connectivity index (χ3n) is 7.10. The number of aromatic nitrogens is 2. The predicted molar refractivity (Wildman–Crippen MR) is 133 cm³/mol. The zero-order valence-corrected chi connectivity index (χ0v) is 22.2. The van der Waals surface area contributed by atoms with Gasteiger partial charge in [-0.3, -0.25) is 0 Å². The molecule has 3 rings (SSSR count). The monoisotopic (exact) mass is 472 g/mol. The number of para-hydroxylation sites is 2. The maximum atomic E-state index is 6.22. The fraction of sp³-hybridized carbons (Fsp3) is 0.536. The molecule has 1 aromatic heterocycles. The number of halogens is 1. The molecule has 33 heavy (non-hydrogen) atoms. The molecule has 0 radical (unpaired) electrons. The first-order valence-electron chi connectivity index (χ1n) is 12.0. The van der Waals surface area contributed by atoms with E-state index in [-0.39, 0.29) is 23.2 Å². The Morgan fingerprint density at radius 2 is 1.58 bits per heavy atom. The van der Waals surface area contributed by atoms with Crippen molar-refractivity contribution in [3.63, 3.8) is 0 Å². The van der Waals surface area contributed by atoms with Gasteiger partial charge in [-0.2, -0.15) is 0 Å². The summed E-state index contributed by atoms with van der Waals surface area (Å²) < 4.78 is 16.5. The van der Waals surface area contributed by atoms with Crippen LogP contribution < -0.4 is 21.7 Å². The van der Waals surface area contributed by atoms with Crippen LogP contribution in [0.4, 0.5) is 0 Å².